The summed E-state index contributed by atoms with van der Waals surface area (Å²) in [6, 6.07) is 16.7. The fourth-order valence-corrected chi connectivity index (χ4v) is 8.38. The van der Waals surface area contributed by atoms with Crippen molar-refractivity contribution in [1.29, 1.82) is 0 Å². The number of hydrogen-bond donors (Lipinski definition) is 14. The largest absolute Gasteiger partial charge is 0.508 e. The first-order chi connectivity index (χ1) is 37.2. The van der Waals surface area contributed by atoms with Crippen LogP contribution < -0.4 is 14.2 Å². The molecule has 0 bridgehead atoms. The SMILES string of the molecule is COc1cc(/C=C/C(=O)OC[C@H]2O[C@@H](O[C@H]3[C@H](Oc4cc5c(O[C@@H]6O[C@H](CO)[C@@H](O)[C@@H](O)[C@H]6O)cc(O)cc5[o+]c4-c4ccc(O)cc4)O[C@H](COC(=O)/C=C/c4ccc(O)c(O)c4)[C@@H](O)[C@H]3O)[C@H](O)[C@H](O)[C@@H]2O)ccc1O. The van der Waals surface area contributed by atoms with E-state index >= 15 is 0 Å². The number of phenolic OH excluding ortho intramolecular Hbond substituents is 5. The number of hydrogen-bond acceptors (Lipinski definition) is 25. The Morgan fingerprint density at radius 3 is 1.71 bits per heavy atom. The molecule has 3 saturated heterocycles. The Hall–Kier alpha value is -7.41. The average Bonchev–Trinajstić information content (AvgIpc) is 3.51. The topological polar surface area (TPSA) is 412 Å². The summed E-state index contributed by atoms with van der Waals surface area (Å²) < 4.78 is 57.8. The molecule has 0 spiro atoms. The third-order valence-corrected chi connectivity index (χ3v) is 12.7. The fourth-order valence-electron chi connectivity index (χ4n) is 8.38. The normalized spacial score (nSPS) is 29.3. The van der Waals surface area contributed by atoms with Crippen molar-refractivity contribution in [3.63, 3.8) is 0 Å². The second-order valence-corrected chi connectivity index (χ2v) is 18.0. The molecule has 0 saturated carbocycles. The lowest BCUT2D eigenvalue weighted by Crippen LogP contribution is -2.65. The molecular weight excluding hydrogens is 1040 g/mol. The van der Waals surface area contributed by atoms with Crippen LogP contribution in [0.3, 0.4) is 0 Å². The molecule has 78 heavy (non-hydrogen) atoms. The first-order valence-electron chi connectivity index (χ1n) is 23.8. The van der Waals surface area contributed by atoms with E-state index in [-0.39, 0.29) is 56.6 Å². The second kappa shape index (κ2) is 24.5. The third kappa shape index (κ3) is 12.8. The molecule has 0 radical (unpaired) electrons. The van der Waals surface area contributed by atoms with Crippen LogP contribution in [0.1, 0.15) is 11.1 Å². The average molecular weight is 1100 g/mol. The highest BCUT2D eigenvalue weighted by atomic mass is 16.8. The van der Waals surface area contributed by atoms with Crippen molar-refractivity contribution in [3.8, 4) is 57.3 Å². The highest BCUT2D eigenvalue weighted by Gasteiger charge is 2.53. The molecular formula is C52H55O26+. The van der Waals surface area contributed by atoms with Crippen molar-refractivity contribution in [2.24, 2.45) is 0 Å². The van der Waals surface area contributed by atoms with Crippen LogP contribution in [0.2, 0.25) is 0 Å². The molecule has 3 aliphatic rings. The molecule has 5 aromatic rings. The van der Waals surface area contributed by atoms with Gasteiger partial charge in [-0.2, -0.15) is 0 Å². The summed E-state index contributed by atoms with van der Waals surface area (Å²) in [4.78, 5) is 25.8. The Morgan fingerprint density at radius 1 is 0.538 bits per heavy atom. The maximum atomic E-state index is 13.0. The Morgan fingerprint density at radius 2 is 1.09 bits per heavy atom. The fraction of sp³-hybridized carbons (Fsp3) is 0.365. The maximum absolute atomic E-state index is 13.0. The van der Waals surface area contributed by atoms with Gasteiger partial charge in [-0.25, -0.2) is 14.0 Å². The van der Waals surface area contributed by atoms with E-state index in [2.05, 4.69) is 0 Å². The van der Waals surface area contributed by atoms with Gasteiger partial charge >= 0.3 is 23.3 Å². The number of methoxy groups -OCH3 is 1. The molecule has 3 fully saturated rings. The molecule has 0 unspecified atom stereocenters. The predicted octanol–water partition coefficient (Wildman–Crippen LogP) is -0.372. The number of phenols is 5. The Balaban J connectivity index is 1.11. The van der Waals surface area contributed by atoms with Crippen LogP contribution in [-0.4, -0.2) is 202 Å². The molecule has 418 valence electrons. The summed E-state index contributed by atoms with van der Waals surface area (Å²) in [6.45, 7) is -2.36. The summed E-state index contributed by atoms with van der Waals surface area (Å²) in [5, 5.41) is 148. The van der Waals surface area contributed by atoms with Gasteiger partial charge in [-0.1, -0.05) is 12.1 Å². The van der Waals surface area contributed by atoms with Gasteiger partial charge < -0.3 is 114 Å². The molecule has 8 rings (SSSR count). The van der Waals surface area contributed by atoms with Crippen molar-refractivity contribution < 1.29 is 128 Å². The van der Waals surface area contributed by atoms with Crippen LogP contribution in [0.4, 0.5) is 0 Å². The summed E-state index contributed by atoms with van der Waals surface area (Å²) >= 11 is 0. The van der Waals surface area contributed by atoms with Gasteiger partial charge in [0.05, 0.1) is 25.3 Å². The predicted molar refractivity (Wildman–Crippen MR) is 261 cm³/mol. The standard InChI is InChI=1S/C52H54O26/c1-69-33-15-23(3-11-29(33)57)5-13-39(60)70-20-36-41(62)44(65)47(68)51(76-36)78-49-45(66)42(63)37(21-71-38(59)12-4-22-2-10-28(56)30(58)14-22)77-52(49)74-34-18-27-31(72-48(34)24-6-8-25(54)9-7-24)16-26(55)17-32(27)73-50-46(67)43(64)40(61)35(19-53)75-50/h2-18,35-37,40-47,49-53,61-68H,19-21H2,1H3,(H4-,54,55,56,57,58,59,60)/p+1/t35-,36-,37-,40-,41-,42-,43-,44-,45-,46-,47-,49-,50-,51+,52-/m1/s1. The second-order valence-electron chi connectivity index (χ2n) is 18.0. The van der Waals surface area contributed by atoms with E-state index in [0.717, 1.165) is 30.4 Å². The smallest absolute Gasteiger partial charge is 0.402 e. The first kappa shape index (κ1) is 56.8. The van der Waals surface area contributed by atoms with Crippen LogP contribution in [0.25, 0.3) is 34.4 Å². The van der Waals surface area contributed by atoms with Crippen molar-refractivity contribution in [3.05, 3.63) is 102 Å². The Kier molecular flexibility index (Phi) is 17.8. The number of aliphatic hydroxyl groups is 9. The molecule has 15 atom stereocenters. The number of carbonyl (C=O) groups excluding carboxylic acids is 2. The van der Waals surface area contributed by atoms with E-state index in [9.17, 15) is 81.1 Å². The van der Waals surface area contributed by atoms with E-state index in [1.165, 1.54) is 79.9 Å². The van der Waals surface area contributed by atoms with Gasteiger partial charge in [0, 0.05) is 24.3 Å². The number of esters is 2. The van der Waals surface area contributed by atoms with Gasteiger partial charge in [0.2, 0.25) is 18.3 Å². The quantitative estimate of drug-likeness (QED) is 0.0244. The number of rotatable bonds is 17. The van der Waals surface area contributed by atoms with E-state index in [0.29, 0.717) is 5.56 Å². The monoisotopic (exact) mass is 1100 g/mol. The lowest BCUT2D eigenvalue weighted by atomic mass is 9.97. The highest BCUT2D eigenvalue weighted by molar-refractivity contribution is 5.89. The van der Waals surface area contributed by atoms with Gasteiger partial charge in [-0.15, -0.1) is 0 Å². The number of aromatic hydroxyl groups is 5. The van der Waals surface area contributed by atoms with Crippen molar-refractivity contribution in [2.75, 3.05) is 26.9 Å². The van der Waals surface area contributed by atoms with Gasteiger partial charge in [-0.3, -0.25) is 0 Å². The highest BCUT2D eigenvalue weighted by Crippen LogP contribution is 2.43. The zero-order valence-electron chi connectivity index (χ0n) is 40.8. The van der Waals surface area contributed by atoms with Gasteiger partial charge in [0.1, 0.15) is 103 Å². The molecule has 0 amide bonds. The number of carbonyl (C=O) groups is 2. The molecule has 4 aromatic carbocycles. The lowest BCUT2D eigenvalue weighted by molar-refractivity contribution is -0.358. The van der Waals surface area contributed by atoms with Crippen molar-refractivity contribution in [1.82, 2.24) is 0 Å². The zero-order valence-corrected chi connectivity index (χ0v) is 40.8. The number of benzene rings is 4. The summed E-state index contributed by atoms with van der Waals surface area (Å²) in [6.07, 6.45) is -23.9. The molecule has 0 aliphatic carbocycles. The van der Waals surface area contributed by atoms with Crippen LogP contribution in [0, 0.1) is 0 Å². The van der Waals surface area contributed by atoms with E-state index in [1.54, 1.807) is 0 Å². The number of ether oxygens (including phenoxy) is 9. The lowest BCUT2D eigenvalue weighted by Gasteiger charge is -2.45. The van der Waals surface area contributed by atoms with Crippen LogP contribution in [-0.2, 0) is 38.0 Å². The number of aliphatic hydroxyl groups excluding tert-OH is 9. The minimum atomic E-state index is -2.14. The summed E-state index contributed by atoms with van der Waals surface area (Å²) in [5.41, 5.74) is 0.729. The minimum absolute atomic E-state index is 0.0754. The van der Waals surface area contributed by atoms with Gasteiger partial charge in [0.15, 0.2) is 35.4 Å². The first-order valence-corrected chi connectivity index (χ1v) is 23.8. The Labute approximate surface area is 440 Å². The minimum Gasteiger partial charge on any atom is -0.508 e. The van der Waals surface area contributed by atoms with Gasteiger partial charge in [-0.05, 0) is 71.8 Å². The van der Waals surface area contributed by atoms with Crippen molar-refractivity contribution >= 4 is 35.1 Å². The van der Waals surface area contributed by atoms with Crippen LogP contribution in [0.15, 0.2) is 95.4 Å². The zero-order chi connectivity index (χ0) is 56.1. The Bertz CT molecular complexity index is 2970. The van der Waals surface area contributed by atoms with E-state index < -0.39 is 141 Å². The van der Waals surface area contributed by atoms with Gasteiger partial charge in [0.25, 0.3) is 0 Å². The molecule has 1 aromatic heterocycles. The third-order valence-electron chi connectivity index (χ3n) is 12.7. The van der Waals surface area contributed by atoms with Crippen LogP contribution >= 0.6 is 0 Å². The molecule has 26 nitrogen and oxygen atoms in total. The van der Waals surface area contributed by atoms with Crippen LogP contribution in [0.5, 0.6) is 46.0 Å². The molecule has 14 N–H and O–H groups in total. The number of fused-ring (bicyclic) bond motifs is 1. The van der Waals surface area contributed by atoms with E-state index in [1.807, 2.05) is 0 Å². The molecule has 4 heterocycles. The summed E-state index contributed by atoms with van der Waals surface area (Å²) in [7, 11) is 1.33. The maximum Gasteiger partial charge on any atom is 0.402 e. The molecule has 3 aliphatic heterocycles. The molecule has 26 heteroatoms. The van der Waals surface area contributed by atoms with E-state index in [4.69, 9.17) is 47.0 Å². The van der Waals surface area contributed by atoms with Crippen molar-refractivity contribution in [2.45, 2.75) is 92.1 Å². The summed E-state index contributed by atoms with van der Waals surface area (Å²) in [5.74, 6) is -4.41.